The molecule has 0 aliphatic rings. The molecule has 5 nitrogen and oxygen atoms in total. The van der Waals surface area contributed by atoms with Crippen molar-refractivity contribution in [2.24, 2.45) is 12.0 Å². The number of sulfonamides is 1. The minimum atomic E-state index is -3.66. The van der Waals surface area contributed by atoms with Gasteiger partial charge >= 0.3 is 0 Å². The van der Waals surface area contributed by atoms with Crippen LogP contribution in [0.4, 0.5) is 5.69 Å². The van der Waals surface area contributed by atoms with E-state index >= 15 is 0 Å². The van der Waals surface area contributed by atoms with Crippen LogP contribution in [0, 0.1) is 6.92 Å². The Kier molecular flexibility index (Phi) is 8.23. The lowest BCUT2D eigenvalue weighted by molar-refractivity contribution is 0.521. The highest BCUT2D eigenvalue weighted by Gasteiger charge is 2.22. The molecule has 0 amide bonds. The predicted octanol–water partition coefficient (Wildman–Crippen LogP) is 6.08. The second kappa shape index (κ2) is 9.73. The Morgan fingerprint density at radius 1 is 1.03 bits per heavy atom. The van der Waals surface area contributed by atoms with Crippen LogP contribution in [0.5, 0.6) is 0 Å². The van der Waals surface area contributed by atoms with Crippen LogP contribution >= 0.6 is 63.1 Å². The molecule has 1 aromatic heterocycles. The first kappa shape index (κ1) is 25.4. The van der Waals surface area contributed by atoms with Crippen molar-refractivity contribution in [1.29, 1.82) is 0 Å². The van der Waals surface area contributed by atoms with Gasteiger partial charge in [-0.1, -0.05) is 40.9 Å². The molecule has 0 aliphatic carbocycles. The number of aromatic nitrogens is 1. The first-order valence-corrected chi connectivity index (χ1v) is 11.8. The topological polar surface area (TPSA) is 54.7 Å². The summed E-state index contributed by atoms with van der Waals surface area (Å²) in [5.41, 5.74) is 3.02. The molecule has 0 N–H and O–H groups in total. The van der Waals surface area contributed by atoms with Gasteiger partial charge in [0.2, 0.25) is 10.0 Å². The summed E-state index contributed by atoms with van der Waals surface area (Å²) < 4.78 is 28.1. The first-order chi connectivity index (χ1) is 13.5. The Morgan fingerprint density at radius 2 is 1.70 bits per heavy atom. The van der Waals surface area contributed by atoms with E-state index < -0.39 is 10.0 Å². The zero-order valence-corrected chi connectivity index (χ0v) is 22.1. The zero-order chi connectivity index (χ0) is 21.5. The van der Waals surface area contributed by atoms with Crippen LogP contribution in [0.3, 0.4) is 0 Å². The minimum absolute atomic E-state index is 0. The molecule has 0 bridgehead atoms. The van der Waals surface area contributed by atoms with Crippen LogP contribution in [-0.4, -0.2) is 31.4 Å². The molecule has 0 saturated carbocycles. The Labute approximate surface area is 205 Å². The maximum Gasteiger partial charge on any atom is 0.244 e. The van der Waals surface area contributed by atoms with Crippen molar-refractivity contribution >= 4 is 78.8 Å². The molecule has 0 saturated heterocycles. The van der Waals surface area contributed by atoms with Gasteiger partial charge in [0.05, 0.1) is 21.4 Å². The summed E-state index contributed by atoms with van der Waals surface area (Å²) in [4.78, 5) is 5.41. The van der Waals surface area contributed by atoms with Crippen LogP contribution in [0.2, 0.25) is 15.1 Å². The summed E-state index contributed by atoms with van der Waals surface area (Å²) in [5.74, 6) is 0. The summed E-state index contributed by atoms with van der Waals surface area (Å²) in [6.07, 6.45) is 0. The van der Waals surface area contributed by atoms with E-state index in [1.807, 2.05) is 30.0 Å². The van der Waals surface area contributed by atoms with Gasteiger partial charge in [-0.2, -0.15) is 0 Å². The lowest BCUT2D eigenvalue weighted by Crippen LogP contribution is -2.22. The normalized spacial score (nSPS) is 12.3. The Hall–Kier alpha value is -0.870. The predicted molar refractivity (Wildman–Crippen MR) is 131 cm³/mol. The SMILES string of the molecule is Br.Cc1cc(/N=c2/scc(-c3ccc(Cl)c(S(=O)(=O)N(C)C)c3)n2C)c(Cl)cc1Cl. The van der Waals surface area contributed by atoms with Gasteiger partial charge in [0.1, 0.15) is 4.90 Å². The van der Waals surface area contributed by atoms with Gasteiger partial charge in [0.15, 0.2) is 4.80 Å². The fourth-order valence-electron chi connectivity index (χ4n) is 2.62. The molecule has 0 fully saturated rings. The number of nitrogens with zero attached hydrogens (tertiary/aromatic N) is 3. The molecule has 0 spiro atoms. The van der Waals surface area contributed by atoms with Crippen molar-refractivity contribution in [3.05, 3.63) is 61.1 Å². The zero-order valence-electron chi connectivity index (χ0n) is 16.5. The monoisotopic (exact) mass is 569 g/mol. The first-order valence-electron chi connectivity index (χ1n) is 8.39. The summed E-state index contributed by atoms with van der Waals surface area (Å²) in [6.45, 7) is 1.89. The molecule has 1 heterocycles. The molecule has 2 aromatic carbocycles. The minimum Gasteiger partial charge on any atom is -0.320 e. The number of halogens is 4. The van der Waals surface area contributed by atoms with Crippen molar-refractivity contribution in [1.82, 2.24) is 8.87 Å². The van der Waals surface area contributed by atoms with Crippen molar-refractivity contribution in [3.8, 4) is 11.3 Å². The van der Waals surface area contributed by atoms with Crippen molar-refractivity contribution in [2.75, 3.05) is 14.1 Å². The van der Waals surface area contributed by atoms with E-state index in [0.717, 1.165) is 15.6 Å². The molecule has 0 atom stereocenters. The van der Waals surface area contributed by atoms with E-state index in [1.165, 1.54) is 25.4 Å². The average Bonchev–Trinajstić information content (AvgIpc) is 3.00. The summed E-state index contributed by atoms with van der Waals surface area (Å²) in [6, 6.07) is 8.43. The molecule has 0 radical (unpaired) electrons. The highest BCUT2D eigenvalue weighted by Crippen LogP contribution is 2.32. The highest BCUT2D eigenvalue weighted by atomic mass is 79.9. The summed E-state index contributed by atoms with van der Waals surface area (Å²) in [5, 5.41) is 3.13. The Bertz CT molecular complexity index is 1270. The third-order valence-electron chi connectivity index (χ3n) is 4.35. The fraction of sp³-hybridized carbons (Fsp3) is 0.211. The number of benzene rings is 2. The smallest absolute Gasteiger partial charge is 0.244 e. The van der Waals surface area contributed by atoms with Gasteiger partial charge in [-0.15, -0.1) is 28.3 Å². The standard InChI is InChI=1S/C19H18Cl3N3O2S2.BrH/c1-11-7-16(15(22)9-14(11)21)23-19-25(4)17(10-28-19)12-5-6-13(20)18(8-12)29(26,27)24(2)3;/h5-10H,1-4H3;1H/b23-19+;. The van der Waals surface area contributed by atoms with Gasteiger partial charge in [-0.05, 0) is 36.8 Å². The van der Waals surface area contributed by atoms with Crippen LogP contribution in [0.25, 0.3) is 11.3 Å². The van der Waals surface area contributed by atoms with Crippen molar-refractivity contribution in [3.63, 3.8) is 0 Å². The number of hydrogen-bond donors (Lipinski definition) is 0. The molecule has 0 unspecified atom stereocenters. The van der Waals surface area contributed by atoms with Crippen LogP contribution in [0.15, 0.2) is 45.6 Å². The van der Waals surface area contributed by atoms with Gasteiger partial charge in [-0.25, -0.2) is 17.7 Å². The summed E-state index contributed by atoms with van der Waals surface area (Å²) in [7, 11) is 1.13. The van der Waals surface area contributed by atoms with Gasteiger partial charge in [-0.3, -0.25) is 0 Å². The van der Waals surface area contributed by atoms with Crippen molar-refractivity contribution < 1.29 is 8.42 Å². The Morgan fingerprint density at radius 3 is 2.33 bits per heavy atom. The van der Waals surface area contributed by atoms with Crippen molar-refractivity contribution in [2.45, 2.75) is 11.8 Å². The molecule has 0 aliphatic heterocycles. The molecule has 162 valence electrons. The van der Waals surface area contributed by atoms with Crippen LogP contribution in [0.1, 0.15) is 5.56 Å². The second-order valence-electron chi connectivity index (χ2n) is 6.56. The number of aryl methyl sites for hydroxylation is 1. The Balaban J connectivity index is 0.00000320. The van der Waals surface area contributed by atoms with E-state index in [-0.39, 0.29) is 26.9 Å². The van der Waals surface area contributed by atoms with E-state index in [1.54, 1.807) is 24.3 Å². The maximum absolute atomic E-state index is 12.6. The number of rotatable bonds is 4. The summed E-state index contributed by atoms with van der Waals surface area (Å²) >= 11 is 20.0. The third-order valence-corrected chi connectivity index (χ3v) is 8.28. The largest absolute Gasteiger partial charge is 0.320 e. The van der Waals surface area contributed by atoms with Gasteiger partial charge in [0.25, 0.3) is 0 Å². The fourth-order valence-corrected chi connectivity index (χ4v) is 5.36. The molecule has 11 heteroatoms. The van der Waals surface area contributed by atoms with E-state index in [0.29, 0.717) is 26.1 Å². The quantitative estimate of drug-likeness (QED) is 0.381. The highest BCUT2D eigenvalue weighted by molar-refractivity contribution is 8.93. The van der Waals surface area contributed by atoms with Gasteiger partial charge < -0.3 is 4.57 Å². The molecular formula is C19H19BrCl3N3O2S2. The molecule has 3 aromatic rings. The number of thiazole rings is 1. The van der Waals surface area contributed by atoms with Crippen LogP contribution in [-0.2, 0) is 17.1 Å². The second-order valence-corrected chi connectivity index (χ2v) is 10.7. The van der Waals surface area contributed by atoms with E-state index in [2.05, 4.69) is 4.99 Å². The van der Waals surface area contributed by atoms with Gasteiger partial charge in [0, 0.05) is 37.1 Å². The number of hydrogen-bond acceptors (Lipinski definition) is 4. The lowest BCUT2D eigenvalue weighted by Gasteiger charge is -2.14. The van der Waals surface area contributed by atoms with E-state index in [4.69, 9.17) is 34.8 Å². The van der Waals surface area contributed by atoms with Crippen LogP contribution < -0.4 is 4.80 Å². The molecule has 30 heavy (non-hydrogen) atoms. The molecular weight excluding hydrogens is 553 g/mol. The van der Waals surface area contributed by atoms with E-state index in [9.17, 15) is 8.42 Å². The average molecular weight is 572 g/mol. The molecule has 3 rings (SSSR count). The lowest BCUT2D eigenvalue weighted by atomic mass is 10.2. The maximum atomic E-state index is 12.6. The third kappa shape index (κ3) is 4.96.